The van der Waals surface area contributed by atoms with E-state index in [0.29, 0.717) is 13.2 Å². The Morgan fingerprint density at radius 1 is 1.04 bits per heavy atom. The molecule has 25 heavy (non-hydrogen) atoms. The van der Waals surface area contributed by atoms with E-state index >= 15 is 0 Å². The molecule has 2 aromatic rings. The number of benzene rings is 2. The first-order chi connectivity index (χ1) is 11.8. The third kappa shape index (κ3) is 6.53. The maximum atomic E-state index is 5.98. The second-order valence-corrected chi connectivity index (χ2v) is 8.13. The van der Waals surface area contributed by atoms with Gasteiger partial charge >= 0.3 is 0 Å². The average molecular weight is 427 g/mol. The lowest BCUT2D eigenvalue weighted by Crippen LogP contribution is -2.35. The van der Waals surface area contributed by atoms with Crippen molar-refractivity contribution in [3.8, 4) is 11.5 Å². The van der Waals surface area contributed by atoms with Gasteiger partial charge in [0.25, 0.3) is 0 Å². The van der Waals surface area contributed by atoms with Gasteiger partial charge in [0.1, 0.15) is 6.61 Å². The van der Waals surface area contributed by atoms with Crippen LogP contribution in [0.5, 0.6) is 11.5 Å². The third-order valence-electron chi connectivity index (χ3n) is 3.53. The number of halogens is 2. The number of nitrogens with one attached hydrogen (secondary N) is 1. The molecular weight excluding hydrogens is 402 g/mol. The second kappa shape index (κ2) is 8.93. The molecule has 0 spiro atoms. The van der Waals surface area contributed by atoms with Crippen LogP contribution in [-0.2, 0) is 13.2 Å². The Hall–Kier alpha value is -1.23. The SMILES string of the molecule is CCOc1cc(CNC(C)(C)C)c(Br)cc1OCc1ccc(Cl)cc1. The van der Waals surface area contributed by atoms with Gasteiger partial charge in [0, 0.05) is 21.6 Å². The lowest BCUT2D eigenvalue weighted by atomic mass is 10.1. The van der Waals surface area contributed by atoms with E-state index in [1.807, 2.05) is 43.3 Å². The Labute approximate surface area is 163 Å². The minimum atomic E-state index is 0.0506. The van der Waals surface area contributed by atoms with E-state index in [-0.39, 0.29) is 5.54 Å². The summed E-state index contributed by atoms with van der Waals surface area (Å²) in [6.07, 6.45) is 0. The highest BCUT2D eigenvalue weighted by Crippen LogP contribution is 2.34. The van der Waals surface area contributed by atoms with Gasteiger partial charge in [-0.2, -0.15) is 0 Å². The van der Waals surface area contributed by atoms with Gasteiger partial charge in [-0.1, -0.05) is 39.7 Å². The molecule has 0 saturated carbocycles. The molecule has 136 valence electrons. The van der Waals surface area contributed by atoms with Crippen LogP contribution >= 0.6 is 27.5 Å². The van der Waals surface area contributed by atoms with Crippen LogP contribution < -0.4 is 14.8 Å². The van der Waals surface area contributed by atoms with Gasteiger partial charge in [0.2, 0.25) is 0 Å². The Kier molecular flexibility index (Phi) is 7.17. The summed E-state index contributed by atoms with van der Waals surface area (Å²) in [5.74, 6) is 1.48. The van der Waals surface area contributed by atoms with E-state index in [1.165, 1.54) is 0 Å². The Morgan fingerprint density at radius 2 is 1.68 bits per heavy atom. The third-order valence-corrected chi connectivity index (χ3v) is 4.52. The molecule has 0 aliphatic carbocycles. The zero-order valence-corrected chi connectivity index (χ0v) is 17.5. The van der Waals surface area contributed by atoms with Crippen molar-refractivity contribution in [2.75, 3.05) is 6.61 Å². The number of hydrogen-bond donors (Lipinski definition) is 1. The fourth-order valence-corrected chi connectivity index (χ4v) is 2.78. The molecular formula is C20H25BrClNO2. The first-order valence-electron chi connectivity index (χ1n) is 8.36. The highest BCUT2D eigenvalue weighted by molar-refractivity contribution is 9.10. The Morgan fingerprint density at radius 3 is 2.28 bits per heavy atom. The largest absolute Gasteiger partial charge is 0.490 e. The molecule has 0 amide bonds. The number of hydrogen-bond acceptors (Lipinski definition) is 3. The minimum absolute atomic E-state index is 0.0506. The summed E-state index contributed by atoms with van der Waals surface area (Å²) >= 11 is 9.57. The van der Waals surface area contributed by atoms with Gasteiger partial charge in [-0.05, 0) is 63.1 Å². The van der Waals surface area contributed by atoms with E-state index in [9.17, 15) is 0 Å². The first-order valence-corrected chi connectivity index (χ1v) is 9.53. The first kappa shape index (κ1) is 20.1. The van der Waals surface area contributed by atoms with E-state index < -0.39 is 0 Å². The zero-order chi connectivity index (χ0) is 18.4. The summed E-state index contributed by atoms with van der Waals surface area (Å²) in [5.41, 5.74) is 2.24. The molecule has 0 fully saturated rings. The van der Waals surface area contributed by atoms with E-state index in [4.69, 9.17) is 21.1 Å². The molecule has 2 rings (SSSR count). The van der Waals surface area contributed by atoms with Crippen LogP contribution in [0.25, 0.3) is 0 Å². The normalized spacial score (nSPS) is 11.4. The van der Waals surface area contributed by atoms with E-state index in [1.54, 1.807) is 0 Å². The summed E-state index contributed by atoms with van der Waals surface area (Å²) < 4.78 is 12.8. The van der Waals surface area contributed by atoms with Crippen LogP contribution in [0.15, 0.2) is 40.9 Å². The monoisotopic (exact) mass is 425 g/mol. The highest BCUT2D eigenvalue weighted by Gasteiger charge is 2.14. The standard InChI is InChI=1S/C20H25BrClNO2/c1-5-24-18-10-15(12-23-20(2,3)4)17(21)11-19(18)25-13-14-6-8-16(22)9-7-14/h6-11,23H,5,12-13H2,1-4H3. The molecule has 0 bridgehead atoms. The predicted molar refractivity (Wildman–Crippen MR) is 108 cm³/mol. The van der Waals surface area contributed by atoms with Crippen molar-refractivity contribution in [3.05, 3.63) is 57.0 Å². The van der Waals surface area contributed by atoms with Gasteiger partial charge in [0.15, 0.2) is 11.5 Å². The van der Waals surface area contributed by atoms with Crippen molar-refractivity contribution in [2.45, 2.75) is 46.4 Å². The smallest absolute Gasteiger partial charge is 0.162 e. The highest BCUT2D eigenvalue weighted by atomic mass is 79.9. The van der Waals surface area contributed by atoms with Gasteiger partial charge in [0.05, 0.1) is 6.61 Å². The van der Waals surface area contributed by atoms with Crippen molar-refractivity contribution < 1.29 is 9.47 Å². The molecule has 0 atom stereocenters. The molecule has 0 aliphatic heterocycles. The molecule has 0 radical (unpaired) electrons. The summed E-state index contributed by atoms with van der Waals surface area (Å²) in [5, 5.41) is 4.21. The predicted octanol–water partition coefficient (Wildman–Crippen LogP) is 5.97. The second-order valence-electron chi connectivity index (χ2n) is 6.84. The van der Waals surface area contributed by atoms with Crippen LogP contribution in [0.4, 0.5) is 0 Å². The molecule has 0 unspecified atom stereocenters. The molecule has 1 N–H and O–H groups in total. The quantitative estimate of drug-likeness (QED) is 0.592. The molecule has 0 aliphatic rings. The van der Waals surface area contributed by atoms with Gasteiger partial charge in [-0.25, -0.2) is 0 Å². The fourth-order valence-electron chi connectivity index (χ4n) is 2.20. The molecule has 5 heteroatoms. The lowest BCUT2D eigenvalue weighted by molar-refractivity contribution is 0.268. The van der Waals surface area contributed by atoms with Crippen LogP contribution in [0.2, 0.25) is 5.02 Å². The number of ether oxygens (including phenoxy) is 2. The van der Waals surface area contributed by atoms with Gasteiger partial charge < -0.3 is 14.8 Å². The van der Waals surface area contributed by atoms with Gasteiger partial charge in [-0.15, -0.1) is 0 Å². The van der Waals surface area contributed by atoms with E-state index in [2.05, 4.69) is 42.0 Å². The van der Waals surface area contributed by atoms with Crippen LogP contribution in [-0.4, -0.2) is 12.1 Å². The maximum absolute atomic E-state index is 5.98. The lowest BCUT2D eigenvalue weighted by Gasteiger charge is -2.22. The van der Waals surface area contributed by atoms with Crippen LogP contribution in [0.3, 0.4) is 0 Å². The zero-order valence-electron chi connectivity index (χ0n) is 15.2. The topological polar surface area (TPSA) is 30.5 Å². The van der Waals surface area contributed by atoms with Crippen molar-refractivity contribution in [1.82, 2.24) is 5.32 Å². The summed E-state index contributed by atoms with van der Waals surface area (Å²) in [6.45, 7) is 10.2. The van der Waals surface area contributed by atoms with Crippen molar-refractivity contribution in [2.24, 2.45) is 0 Å². The summed E-state index contributed by atoms with van der Waals surface area (Å²) in [4.78, 5) is 0. The van der Waals surface area contributed by atoms with Gasteiger partial charge in [-0.3, -0.25) is 0 Å². The number of rotatable bonds is 7. The molecule has 0 saturated heterocycles. The molecule has 0 heterocycles. The molecule has 3 nitrogen and oxygen atoms in total. The molecule has 0 aromatic heterocycles. The maximum Gasteiger partial charge on any atom is 0.162 e. The summed E-state index contributed by atoms with van der Waals surface area (Å²) in [7, 11) is 0. The Balaban J connectivity index is 2.15. The van der Waals surface area contributed by atoms with Crippen LogP contribution in [0, 0.1) is 0 Å². The summed E-state index contributed by atoms with van der Waals surface area (Å²) in [6, 6.07) is 11.6. The van der Waals surface area contributed by atoms with Crippen molar-refractivity contribution in [3.63, 3.8) is 0 Å². The minimum Gasteiger partial charge on any atom is -0.490 e. The van der Waals surface area contributed by atoms with Crippen molar-refractivity contribution in [1.29, 1.82) is 0 Å². The average Bonchev–Trinajstić information content (AvgIpc) is 2.54. The van der Waals surface area contributed by atoms with E-state index in [0.717, 1.165) is 38.7 Å². The van der Waals surface area contributed by atoms with Crippen molar-refractivity contribution >= 4 is 27.5 Å². The fraction of sp³-hybridized carbons (Fsp3) is 0.400. The van der Waals surface area contributed by atoms with Crippen LogP contribution in [0.1, 0.15) is 38.8 Å². The molecule has 2 aromatic carbocycles. The Bertz CT molecular complexity index is 696.